The molecule has 1 rings (SSSR count). The van der Waals surface area contributed by atoms with Crippen LogP contribution in [0, 0.1) is 0 Å². The number of hydrogen-bond donors (Lipinski definition) is 2. The molecular weight excluding hydrogens is 280 g/mol. The van der Waals surface area contributed by atoms with Gasteiger partial charge in [-0.2, -0.15) is 0 Å². The molecule has 1 atom stereocenters. The van der Waals surface area contributed by atoms with Gasteiger partial charge in [-0.05, 0) is 0 Å². The van der Waals surface area contributed by atoms with E-state index in [9.17, 15) is 5.11 Å². The quantitative estimate of drug-likeness (QED) is 0.427. The van der Waals surface area contributed by atoms with Crippen molar-refractivity contribution in [2.75, 3.05) is 59.3 Å². The van der Waals surface area contributed by atoms with Gasteiger partial charge >= 0.3 is 0 Å². The van der Waals surface area contributed by atoms with E-state index in [1.54, 1.807) is 0 Å². The average molecular weight is 301 g/mol. The Balaban J connectivity index is 0.00000256. The SMILES string of the molecule is OCCOCCOCC(O)N1CCOCC1.[Zn]. The van der Waals surface area contributed by atoms with Crippen LogP contribution in [0.2, 0.25) is 0 Å². The standard InChI is InChI=1S/C10H21NO5.Zn/c12-3-6-15-7-8-16-9-10(13)11-1-4-14-5-2-11;/h10,12-13H,1-9H2;. The predicted molar refractivity (Wildman–Crippen MR) is 57.1 cm³/mol. The van der Waals surface area contributed by atoms with Gasteiger partial charge in [0.15, 0.2) is 0 Å². The maximum Gasteiger partial charge on any atom is 0.131 e. The van der Waals surface area contributed by atoms with Crippen LogP contribution >= 0.6 is 0 Å². The van der Waals surface area contributed by atoms with Gasteiger partial charge in [-0.15, -0.1) is 0 Å². The number of aliphatic hydroxyl groups excluding tert-OH is 2. The Hall–Kier alpha value is 0.383. The molecule has 0 saturated carbocycles. The summed E-state index contributed by atoms with van der Waals surface area (Å²) in [6.45, 7) is 4.32. The topological polar surface area (TPSA) is 71.4 Å². The molecule has 1 aliphatic rings. The molecular formula is C10H21NO5Zn. The summed E-state index contributed by atoms with van der Waals surface area (Å²) in [5, 5.41) is 18.2. The fourth-order valence-corrected chi connectivity index (χ4v) is 1.45. The third-order valence-corrected chi connectivity index (χ3v) is 2.34. The van der Waals surface area contributed by atoms with Gasteiger partial charge in [-0.3, -0.25) is 4.90 Å². The molecule has 0 aliphatic carbocycles. The molecule has 0 radical (unpaired) electrons. The van der Waals surface area contributed by atoms with E-state index in [0.717, 1.165) is 13.1 Å². The Bertz CT molecular complexity index is 169. The van der Waals surface area contributed by atoms with Gasteiger partial charge in [0.2, 0.25) is 0 Å². The Morgan fingerprint density at radius 2 is 1.76 bits per heavy atom. The molecule has 2 N–H and O–H groups in total. The molecule has 6 nitrogen and oxygen atoms in total. The number of rotatable bonds is 8. The second-order valence-electron chi connectivity index (χ2n) is 3.54. The van der Waals surface area contributed by atoms with Crippen LogP contribution in [0.5, 0.6) is 0 Å². The van der Waals surface area contributed by atoms with E-state index in [1.165, 1.54) is 0 Å². The monoisotopic (exact) mass is 299 g/mol. The van der Waals surface area contributed by atoms with Gasteiger partial charge in [0.05, 0.1) is 46.2 Å². The van der Waals surface area contributed by atoms with Crippen molar-refractivity contribution >= 4 is 0 Å². The Morgan fingerprint density at radius 3 is 2.41 bits per heavy atom. The minimum Gasteiger partial charge on any atom is -0.394 e. The molecule has 1 fully saturated rings. The molecule has 0 amide bonds. The number of hydrogen-bond acceptors (Lipinski definition) is 6. The van der Waals surface area contributed by atoms with Crippen molar-refractivity contribution in [3.63, 3.8) is 0 Å². The molecule has 1 heterocycles. The first-order valence-electron chi connectivity index (χ1n) is 5.61. The van der Waals surface area contributed by atoms with E-state index >= 15 is 0 Å². The maximum atomic E-state index is 9.74. The van der Waals surface area contributed by atoms with Crippen molar-refractivity contribution < 1.29 is 43.9 Å². The van der Waals surface area contributed by atoms with Crippen LogP contribution in [0.4, 0.5) is 0 Å². The molecule has 1 unspecified atom stereocenters. The van der Waals surface area contributed by atoms with Crippen molar-refractivity contribution in [1.29, 1.82) is 0 Å². The first-order chi connectivity index (χ1) is 7.84. The summed E-state index contributed by atoms with van der Waals surface area (Å²) in [4.78, 5) is 1.93. The summed E-state index contributed by atoms with van der Waals surface area (Å²) in [6.07, 6.45) is -0.568. The number of ether oxygens (including phenoxy) is 3. The van der Waals surface area contributed by atoms with Crippen LogP contribution in [-0.2, 0) is 33.7 Å². The molecule has 0 spiro atoms. The second-order valence-corrected chi connectivity index (χ2v) is 3.54. The Labute approximate surface area is 115 Å². The summed E-state index contributed by atoms with van der Waals surface area (Å²) in [5.74, 6) is 0. The first kappa shape index (κ1) is 17.4. The van der Waals surface area contributed by atoms with E-state index < -0.39 is 6.23 Å². The van der Waals surface area contributed by atoms with Crippen molar-refractivity contribution in [3.05, 3.63) is 0 Å². The van der Waals surface area contributed by atoms with Crippen LogP contribution in [0.1, 0.15) is 0 Å². The Morgan fingerprint density at radius 1 is 1.12 bits per heavy atom. The van der Waals surface area contributed by atoms with Gasteiger partial charge < -0.3 is 24.4 Å². The zero-order valence-corrected chi connectivity index (χ0v) is 13.2. The third-order valence-electron chi connectivity index (χ3n) is 2.34. The van der Waals surface area contributed by atoms with E-state index in [1.807, 2.05) is 4.90 Å². The van der Waals surface area contributed by atoms with E-state index in [2.05, 4.69) is 0 Å². The number of nitrogens with zero attached hydrogens (tertiary/aromatic N) is 1. The predicted octanol–water partition coefficient (Wildman–Crippen LogP) is -1.34. The summed E-state index contributed by atoms with van der Waals surface area (Å²) in [7, 11) is 0. The second kappa shape index (κ2) is 11.5. The molecule has 0 aromatic rings. The maximum absolute atomic E-state index is 9.74. The number of morpholine rings is 1. The molecule has 98 valence electrons. The van der Waals surface area contributed by atoms with Gasteiger partial charge in [0, 0.05) is 32.6 Å². The van der Waals surface area contributed by atoms with Crippen LogP contribution in [0.25, 0.3) is 0 Å². The van der Waals surface area contributed by atoms with Crippen molar-refractivity contribution in [3.8, 4) is 0 Å². The van der Waals surface area contributed by atoms with E-state index in [-0.39, 0.29) is 32.7 Å². The smallest absolute Gasteiger partial charge is 0.131 e. The van der Waals surface area contributed by atoms with Gasteiger partial charge in [-0.1, -0.05) is 0 Å². The largest absolute Gasteiger partial charge is 0.394 e. The molecule has 0 bridgehead atoms. The molecule has 0 aromatic carbocycles. The fourth-order valence-electron chi connectivity index (χ4n) is 1.45. The fraction of sp³-hybridized carbons (Fsp3) is 1.00. The minimum atomic E-state index is -0.568. The van der Waals surface area contributed by atoms with Crippen LogP contribution < -0.4 is 0 Å². The van der Waals surface area contributed by atoms with E-state index in [4.69, 9.17) is 19.3 Å². The van der Waals surface area contributed by atoms with Gasteiger partial charge in [0.25, 0.3) is 0 Å². The van der Waals surface area contributed by atoms with E-state index in [0.29, 0.717) is 33.0 Å². The summed E-state index contributed by atoms with van der Waals surface area (Å²) in [5.41, 5.74) is 0. The van der Waals surface area contributed by atoms with Crippen LogP contribution in [0.15, 0.2) is 0 Å². The summed E-state index contributed by atoms with van der Waals surface area (Å²) < 4.78 is 15.5. The van der Waals surface area contributed by atoms with Crippen molar-refractivity contribution in [1.82, 2.24) is 4.90 Å². The van der Waals surface area contributed by atoms with Gasteiger partial charge in [0.1, 0.15) is 6.23 Å². The molecule has 17 heavy (non-hydrogen) atoms. The molecule has 1 saturated heterocycles. The molecule has 1 aliphatic heterocycles. The molecule has 0 aromatic heterocycles. The number of aliphatic hydroxyl groups is 2. The summed E-state index contributed by atoms with van der Waals surface area (Å²) >= 11 is 0. The third kappa shape index (κ3) is 8.16. The zero-order valence-electron chi connectivity index (χ0n) is 10.2. The summed E-state index contributed by atoms with van der Waals surface area (Å²) in [6, 6.07) is 0. The molecule has 7 heteroatoms. The first-order valence-corrected chi connectivity index (χ1v) is 5.61. The average Bonchev–Trinajstić information content (AvgIpc) is 2.34. The Kier molecular flexibility index (Phi) is 11.7. The van der Waals surface area contributed by atoms with Crippen LogP contribution in [0.3, 0.4) is 0 Å². The van der Waals surface area contributed by atoms with Crippen molar-refractivity contribution in [2.24, 2.45) is 0 Å². The normalized spacial score (nSPS) is 18.7. The van der Waals surface area contributed by atoms with Crippen LogP contribution in [-0.4, -0.2) is 80.7 Å². The van der Waals surface area contributed by atoms with Gasteiger partial charge in [-0.25, -0.2) is 0 Å². The van der Waals surface area contributed by atoms with Crippen molar-refractivity contribution in [2.45, 2.75) is 6.23 Å². The minimum absolute atomic E-state index is 0. The zero-order chi connectivity index (χ0) is 11.6.